The smallest absolute Gasteiger partial charge is 0.374 e. The summed E-state index contributed by atoms with van der Waals surface area (Å²) in [5, 5.41) is 3.43. The molecule has 2 aromatic carbocycles. The van der Waals surface area contributed by atoms with E-state index in [2.05, 4.69) is 4.98 Å². The van der Waals surface area contributed by atoms with Gasteiger partial charge in [-0.1, -0.05) is 29.4 Å². The normalized spacial score (nSPS) is 13.2. The lowest BCUT2D eigenvalue weighted by Gasteiger charge is -2.27. The number of para-hydroxylation sites is 1. The van der Waals surface area contributed by atoms with Gasteiger partial charge in [0.2, 0.25) is 5.76 Å². The summed E-state index contributed by atoms with van der Waals surface area (Å²) in [5.41, 5.74) is 2.89. The van der Waals surface area contributed by atoms with E-state index in [9.17, 15) is 9.59 Å². The maximum absolute atomic E-state index is 11.9. The standard InChI is InChI=1S/C30H29N3O8/c1-4-37-30(35)27-13-12-26(41-27)29-31-24(20(2)40-29)19-38-25-11-10-21(14-28(25)36-3)18-39-33-16-22(17-34)15-32(33)23-8-6-5-7-9-23/h5-15,17H,4,16,18-19H2,1-3H3. The monoisotopic (exact) mass is 559 g/mol. The number of hydroxylamine groups is 1. The summed E-state index contributed by atoms with van der Waals surface area (Å²) in [7, 11) is 1.56. The molecule has 0 radical (unpaired) electrons. The number of hydrazine groups is 1. The summed E-state index contributed by atoms with van der Waals surface area (Å²) < 4.78 is 27.8. The van der Waals surface area contributed by atoms with Gasteiger partial charge in [0.25, 0.3) is 5.89 Å². The molecule has 0 N–H and O–H groups in total. The Morgan fingerprint density at radius 2 is 1.88 bits per heavy atom. The molecular weight excluding hydrogens is 530 g/mol. The minimum Gasteiger partial charge on any atom is -0.493 e. The molecule has 212 valence electrons. The molecule has 0 fully saturated rings. The molecule has 11 heteroatoms. The van der Waals surface area contributed by atoms with Gasteiger partial charge in [-0.05, 0) is 55.8 Å². The Hall–Kier alpha value is -4.87. The largest absolute Gasteiger partial charge is 0.493 e. The van der Waals surface area contributed by atoms with Gasteiger partial charge in [0.05, 0.1) is 32.6 Å². The molecule has 1 aliphatic rings. The van der Waals surface area contributed by atoms with Gasteiger partial charge in [-0.25, -0.2) is 9.78 Å². The average molecular weight is 560 g/mol. The lowest BCUT2D eigenvalue weighted by molar-refractivity contribution is -0.160. The van der Waals surface area contributed by atoms with Crippen molar-refractivity contribution >= 4 is 17.9 Å². The van der Waals surface area contributed by atoms with Crippen LogP contribution in [-0.2, 0) is 27.6 Å². The minimum absolute atomic E-state index is 0.0715. The molecule has 1 aliphatic heterocycles. The van der Waals surface area contributed by atoms with Crippen LogP contribution >= 0.6 is 0 Å². The number of rotatable bonds is 12. The van der Waals surface area contributed by atoms with Crippen molar-refractivity contribution in [2.45, 2.75) is 27.1 Å². The fourth-order valence-corrected chi connectivity index (χ4v) is 4.10. The Bertz CT molecular complexity index is 1540. The highest BCUT2D eigenvalue weighted by Gasteiger charge is 2.24. The van der Waals surface area contributed by atoms with Crippen LogP contribution in [0.3, 0.4) is 0 Å². The van der Waals surface area contributed by atoms with Crippen LogP contribution in [0.4, 0.5) is 5.69 Å². The molecule has 41 heavy (non-hydrogen) atoms. The SMILES string of the molecule is CCOC(=O)c1ccc(-c2nc(COc3ccc(CON4CC(C=O)=CN4c4ccccc4)cc3OC)c(C)o2)o1. The van der Waals surface area contributed by atoms with E-state index in [1.54, 1.807) is 49.5 Å². The van der Waals surface area contributed by atoms with E-state index in [-0.39, 0.29) is 31.5 Å². The molecule has 0 unspecified atom stereocenters. The van der Waals surface area contributed by atoms with Crippen molar-refractivity contribution in [3.63, 3.8) is 0 Å². The summed E-state index contributed by atoms with van der Waals surface area (Å²) in [4.78, 5) is 33.8. The van der Waals surface area contributed by atoms with Gasteiger partial charge in [-0.15, -0.1) is 0 Å². The van der Waals surface area contributed by atoms with Crippen LogP contribution < -0.4 is 14.5 Å². The number of esters is 1. The quantitative estimate of drug-likeness (QED) is 0.167. The second-order valence-electron chi connectivity index (χ2n) is 8.97. The molecule has 4 aromatic rings. The first-order valence-electron chi connectivity index (χ1n) is 12.9. The van der Waals surface area contributed by atoms with Crippen molar-refractivity contribution in [2.75, 3.05) is 25.3 Å². The number of aromatic nitrogens is 1. The van der Waals surface area contributed by atoms with Crippen LogP contribution in [0.2, 0.25) is 0 Å². The molecule has 0 atom stereocenters. The van der Waals surface area contributed by atoms with E-state index in [1.165, 1.54) is 6.07 Å². The van der Waals surface area contributed by atoms with E-state index >= 15 is 0 Å². The number of oxazole rings is 1. The zero-order valence-corrected chi connectivity index (χ0v) is 22.9. The van der Waals surface area contributed by atoms with Crippen molar-refractivity contribution in [3.8, 4) is 23.1 Å². The predicted molar refractivity (Wildman–Crippen MR) is 147 cm³/mol. The fourth-order valence-electron chi connectivity index (χ4n) is 4.10. The van der Waals surface area contributed by atoms with Crippen LogP contribution in [-0.4, -0.2) is 42.7 Å². The molecule has 11 nitrogen and oxygen atoms in total. The number of hydrogen-bond acceptors (Lipinski definition) is 11. The second kappa shape index (κ2) is 12.5. The number of benzene rings is 2. The Labute approximate surface area is 236 Å². The molecule has 0 spiro atoms. The predicted octanol–water partition coefficient (Wildman–Crippen LogP) is 5.26. The summed E-state index contributed by atoms with van der Waals surface area (Å²) >= 11 is 0. The fraction of sp³-hybridized carbons (Fsp3) is 0.233. The van der Waals surface area contributed by atoms with Gasteiger partial charge < -0.3 is 23.0 Å². The number of carbonyl (C=O) groups excluding carboxylic acids is 2. The van der Waals surface area contributed by atoms with Crippen LogP contribution in [0.5, 0.6) is 11.5 Å². The van der Waals surface area contributed by atoms with Crippen LogP contribution in [0.1, 0.15) is 34.5 Å². The molecule has 0 bridgehead atoms. The van der Waals surface area contributed by atoms with E-state index in [0.29, 0.717) is 40.8 Å². The number of aryl methyl sites for hydroxylation is 1. The lowest BCUT2D eigenvalue weighted by Crippen LogP contribution is -2.35. The molecular formula is C30H29N3O8. The third-order valence-electron chi connectivity index (χ3n) is 6.18. The number of ether oxygens (including phenoxy) is 3. The van der Waals surface area contributed by atoms with Crippen molar-refractivity contribution in [3.05, 3.63) is 95.2 Å². The molecule has 0 amide bonds. The summed E-state index contributed by atoms with van der Waals surface area (Å²) in [6.45, 7) is 4.42. The first-order valence-corrected chi connectivity index (χ1v) is 12.9. The lowest BCUT2D eigenvalue weighted by atomic mass is 10.2. The van der Waals surface area contributed by atoms with E-state index in [1.807, 2.05) is 42.5 Å². The highest BCUT2D eigenvalue weighted by atomic mass is 16.7. The first kappa shape index (κ1) is 27.7. The van der Waals surface area contributed by atoms with E-state index < -0.39 is 5.97 Å². The van der Waals surface area contributed by atoms with E-state index in [0.717, 1.165) is 17.5 Å². The van der Waals surface area contributed by atoms with Gasteiger partial charge in [-0.3, -0.25) is 14.6 Å². The Kier molecular flexibility index (Phi) is 8.47. The Morgan fingerprint density at radius 1 is 1.05 bits per heavy atom. The van der Waals surface area contributed by atoms with Crippen molar-refractivity contribution in [2.24, 2.45) is 0 Å². The third-order valence-corrected chi connectivity index (χ3v) is 6.18. The van der Waals surface area contributed by atoms with Crippen molar-refractivity contribution < 1.29 is 37.5 Å². The number of furan rings is 1. The van der Waals surface area contributed by atoms with Gasteiger partial charge in [0.15, 0.2) is 17.3 Å². The zero-order valence-electron chi connectivity index (χ0n) is 22.9. The average Bonchev–Trinajstić information content (AvgIpc) is 3.74. The number of hydrogen-bond donors (Lipinski definition) is 0. The Balaban J connectivity index is 1.22. The summed E-state index contributed by atoms with van der Waals surface area (Å²) in [6, 6.07) is 18.2. The topological polar surface area (TPSA) is 117 Å². The number of nitrogens with zero attached hydrogens (tertiary/aromatic N) is 3. The van der Waals surface area contributed by atoms with Crippen LogP contribution in [0.15, 0.2) is 81.3 Å². The molecule has 5 rings (SSSR count). The van der Waals surface area contributed by atoms with Gasteiger partial charge in [0.1, 0.15) is 24.3 Å². The van der Waals surface area contributed by atoms with Crippen LogP contribution in [0.25, 0.3) is 11.7 Å². The highest BCUT2D eigenvalue weighted by molar-refractivity contribution is 5.86. The highest BCUT2D eigenvalue weighted by Crippen LogP contribution is 2.31. The van der Waals surface area contributed by atoms with Crippen molar-refractivity contribution in [1.82, 2.24) is 10.2 Å². The maximum atomic E-state index is 11.9. The number of carbonyl (C=O) groups is 2. The number of methoxy groups -OCH3 is 1. The minimum atomic E-state index is -0.553. The number of anilines is 1. The van der Waals surface area contributed by atoms with E-state index in [4.69, 9.17) is 27.9 Å². The van der Waals surface area contributed by atoms with Gasteiger partial charge >= 0.3 is 5.97 Å². The van der Waals surface area contributed by atoms with Crippen LogP contribution in [0, 0.1) is 6.92 Å². The summed E-state index contributed by atoms with van der Waals surface area (Å²) in [5.74, 6) is 1.64. The Morgan fingerprint density at radius 3 is 2.63 bits per heavy atom. The van der Waals surface area contributed by atoms with Crippen molar-refractivity contribution in [1.29, 1.82) is 0 Å². The second-order valence-corrected chi connectivity index (χ2v) is 8.97. The molecule has 3 heterocycles. The van der Waals surface area contributed by atoms with Gasteiger partial charge in [-0.2, -0.15) is 0 Å². The summed E-state index contributed by atoms with van der Waals surface area (Å²) in [6.07, 6.45) is 2.58. The zero-order chi connectivity index (χ0) is 28.8. The van der Waals surface area contributed by atoms with Gasteiger partial charge in [0, 0.05) is 11.8 Å². The molecule has 0 saturated heterocycles. The number of aldehydes is 1. The first-order chi connectivity index (χ1) is 20.0. The maximum Gasteiger partial charge on any atom is 0.374 e. The molecule has 0 aliphatic carbocycles. The molecule has 0 saturated carbocycles. The third kappa shape index (κ3) is 6.32. The molecule has 2 aromatic heterocycles.